The summed E-state index contributed by atoms with van der Waals surface area (Å²) in [5.41, 5.74) is 4.82. The highest BCUT2D eigenvalue weighted by Crippen LogP contribution is 2.46. The lowest BCUT2D eigenvalue weighted by molar-refractivity contribution is 0.0697. The Balaban J connectivity index is 1.91. The van der Waals surface area contributed by atoms with Crippen LogP contribution in [0.1, 0.15) is 79.2 Å². The first kappa shape index (κ1) is 20.0. The minimum absolute atomic E-state index is 0.0741. The van der Waals surface area contributed by atoms with Crippen molar-refractivity contribution < 1.29 is 9.90 Å². The molecule has 1 atom stereocenters. The zero-order valence-corrected chi connectivity index (χ0v) is 16.9. The number of carbonyl (C=O) groups is 1. The Kier molecular flexibility index (Phi) is 5.24. The van der Waals surface area contributed by atoms with E-state index >= 15 is 0 Å². The van der Waals surface area contributed by atoms with E-state index in [9.17, 15) is 9.70 Å². The molecule has 146 valence electrons. The van der Waals surface area contributed by atoms with Crippen molar-refractivity contribution in [1.82, 2.24) is 0 Å². The fourth-order valence-electron chi connectivity index (χ4n) is 3.94. The molecule has 1 unspecified atom stereocenters. The van der Waals surface area contributed by atoms with Gasteiger partial charge in [-0.05, 0) is 58.1 Å². The van der Waals surface area contributed by atoms with Gasteiger partial charge in [-0.25, -0.2) is 4.79 Å². The minimum atomic E-state index is -0.956. The third kappa shape index (κ3) is 3.91. The van der Waals surface area contributed by atoms with Crippen molar-refractivity contribution in [1.29, 1.82) is 0 Å². The lowest BCUT2D eigenvalue weighted by atomic mass is 9.63. The Morgan fingerprint density at radius 2 is 1.61 bits per heavy atom. The third-order valence-corrected chi connectivity index (χ3v) is 5.96. The number of carboxylic acids is 1. The maximum atomic E-state index is 11.5. The predicted octanol–water partition coefficient (Wildman–Crippen LogP) is 6.25. The maximum absolute atomic E-state index is 11.5. The van der Waals surface area contributed by atoms with E-state index in [4.69, 9.17) is 5.11 Å². The van der Waals surface area contributed by atoms with E-state index < -0.39 is 12.0 Å². The smallest absolute Gasteiger partial charge is 0.335 e. The molecule has 0 aromatic heterocycles. The number of fused-ring (bicyclic) bond motifs is 1. The first-order valence-electron chi connectivity index (χ1n) is 9.63. The van der Waals surface area contributed by atoms with E-state index in [2.05, 4.69) is 45.0 Å². The SMILES string of the molecule is CC1(C)CCC(C)(C)c2cc(C(/C=C/c3ccc(C(=O)O)cc3)N=O)ccc21. The average molecular weight is 377 g/mol. The normalized spacial score (nSPS) is 18.4. The first-order valence-corrected chi connectivity index (χ1v) is 9.63. The second-order valence-corrected chi connectivity index (χ2v) is 8.91. The highest BCUT2D eigenvalue weighted by atomic mass is 16.4. The number of hydrogen-bond donors (Lipinski definition) is 1. The van der Waals surface area contributed by atoms with Gasteiger partial charge in [0.05, 0.1) is 5.56 Å². The summed E-state index contributed by atoms with van der Waals surface area (Å²) >= 11 is 0. The number of rotatable bonds is 5. The standard InChI is InChI=1S/C24H27NO3/c1-23(2)13-14-24(3,4)20-15-18(10-11-19(20)23)21(25-28)12-7-16-5-8-17(9-6-16)22(26)27/h5-12,15,21H,13-14H2,1-4H3,(H,26,27)/b12-7+. The molecule has 28 heavy (non-hydrogen) atoms. The predicted molar refractivity (Wildman–Crippen MR) is 113 cm³/mol. The lowest BCUT2D eigenvalue weighted by Crippen LogP contribution is -2.33. The summed E-state index contributed by atoms with van der Waals surface area (Å²) in [5.74, 6) is -0.956. The number of benzene rings is 2. The second-order valence-electron chi connectivity index (χ2n) is 8.91. The molecule has 0 radical (unpaired) electrons. The van der Waals surface area contributed by atoms with Crippen LogP contribution in [0.5, 0.6) is 0 Å². The molecule has 1 aliphatic rings. The van der Waals surface area contributed by atoms with E-state index in [1.54, 1.807) is 30.3 Å². The monoisotopic (exact) mass is 377 g/mol. The van der Waals surface area contributed by atoms with Gasteiger partial charge in [-0.15, -0.1) is 4.91 Å². The van der Waals surface area contributed by atoms with Crippen molar-refractivity contribution in [2.45, 2.75) is 57.4 Å². The summed E-state index contributed by atoms with van der Waals surface area (Å²) in [5, 5.41) is 12.3. The third-order valence-electron chi connectivity index (χ3n) is 5.96. The zero-order chi connectivity index (χ0) is 20.5. The zero-order valence-electron chi connectivity index (χ0n) is 16.9. The van der Waals surface area contributed by atoms with Crippen LogP contribution >= 0.6 is 0 Å². The van der Waals surface area contributed by atoms with Gasteiger partial charge >= 0.3 is 5.97 Å². The summed E-state index contributed by atoms with van der Waals surface area (Å²) in [6.07, 6.45) is 5.84. The molecule has 0 fully saturated rings. The van der Waals surface area contributed by atoms with Crippen molar-refractivity contribution in [3.05, 3.63) is 81.3 Å². The van der Waals surface area contributed by atoms with Gasteiger partial charge in [0.1, 0.15) is 6.04 Å². The first-order chi connectivity index (χ1) is 13.1. The molecular weight excluding hydrogens is 350 g/mol. The van der Waals surface area contributed by atoms with Gasteiger partial charge < -0.3 is 5.11 Å². The van der Waals surface area contributed by atoms with Crippen LogP contribution in [0.25, 0.3) is 6.08 Å². The molecule has 0 saturated heterocycles. The minimum Gasteiger partial charge on any atom is -0.478 e. The molecule has 0 aliphatic heterocycles. The van der Waals surface area contributed by atoms with Crippen LogP contribution < -0.4 is 0 Å². The fourth-order valence-corrected chi connectivity index (χ4v) is 3.94. The maximum Gasteiger partial charge on any atom is 0.335 e. The molecule has 0 amide bonds. The van der Waals surface area contributed by atoms with E-state index in [0.717, 1.165) is 24.0 Å². The van der Waals surface area contributed by atoms with Crippen LogP contribution in [-0.4, -0.2) is 11.1 Å². The van der Waals surface area contributed by atoms with Crippen molar-refractivity contribution in [3.63, 3.8) is 0 Å². The molecule has 2 aromatic carbocycles. The van der Waals surface area contributed by atoms with E-state index in [1.165, 1.54) is 11.1 Å². The molecule has 0 bridgehead atoms. The largest absolute Gasteiger partial charge is 0.478 e. The molecular formula is C24H27NO3. The summed E-state index contributed by atoms with van der Waals surface area (Å²) in [6.45, 7) is 9.07. The fraction of sp³-hybridized carbons (Fsp3) is 0.375. The molecule has 0 saturated carbocycles. The van der Waals surface area contributed by atoms with Crippen LogP contribution in [0.4, 0.5) is 0 Å². The summed E-state index contributed by atoms with van der Waals surface area (Å²) in [7, 11) is 0. The van der Waals surface area contributed by atoms with Crippen LogP contribution in [0, 0.1) is 4.91 Å². The number of hydrogen-bond acceptors (Lipinski definition) is 3. The number of nitrogens with zero attached hydrogens (tertiary/aromatic N) is 1. The Hall–Kier alpha value is -2.75. The van der Waals surface area contributed by atoms with E-state index in [1.807, 2.05) is 12.1 Å². The number of aromatic carboxylic acids is 1. The Morgan fingerprint density at radius 3 is 2.18 bits per heavy atom. The average Bonchev–Trinajstić information content (AvgIpc) is 2.66. The Morgan fingerprint density at radius 1 is 1.00 bits per heavy atom. The van der Waals surface area contributed by atoms with Gasteiger partial charge in [-0.3, -0.25) is 0 Å². The summed E-state index contributed by atoms with van der Waals surface area (Å²) in [6, 6.07) is 12.3. The van der Waals surface area contributed by atoms with Gasteiger partial charge in [0, 0.05) is 0 Å². The van der Waals surface area contributed by atoms with E-state index in [0.29, 0.717) is 0 Å². The molecule has 3 rings (SSSR count). The van der Waals surface area contributed by atoms with Crippen molar-refractivity contribution >= 4 is 12.0 Å². The molecule has 0 heterocycles. The highest BCUT2D eigenvalue weighted by molar-refractivity contribution is 5.87. The van der Waals surface area contributed by atoms with Crippen molar-refractivity contribution in [2.24, 2.45) is 5.18 Å². The quantitative estimate of drug-likeness (QED) is 0.626. The van der Waals surface area contributed by atoms with Crippen LogP contribution in [0.15, 0.2) is 53.7 Å². The highest BCUT2D eigenvalue weighted by Gasteiger charge is 2.37. The van der Waals surface area contributed by atoms with Crippen molar-refractivity contribution in [3.8, 4) is 0 Å². The molecule has 4 heteroatoms. The van der Waals surface area contributed by atoms with Crippen LogP contribution in [0.2, 0.25) is 0 Å². The van der Waals surface area contributed by atoms with Gasteiger partial charge in [-0.2, -0.15) is 0 Å². The Labute approximate surface area is 166 Å². The molecule has 1 aliphatic carbocycles. The Bertz CT molecular complexity index is 923. The lowest BCUT2D eigenvalue weighted by Gasteiger charge is -2.42. The topological polar surface area (TPSA) is 66.7 Å². The van der Waals surface area contributed by atoms with Gasteiger partial charge in [0.2, 0.25) is 0 Å². The second kappa shape index (κ2) is 7.34. The van der Waals surface area contributed by atoms with Crippen molar-refractivity contribution in [2.75, 3.05) is 0 Å². The van der Waals surface area contributed by atoms with E-state index in [-0.39, 0.29) is 16.4 Å². The molecule has 1 N–H and O–H groups in total. The van der Waals surface area contributed by atoms with Gasteiger partial charge in [0.25, 0.3) is 0 Å². The van der Waals surface area contributed by atoms with Crippen LogP contribution in [-0.2, 0) is 10.8 Å². The molecule has 0 spiro atoms. The summed E-state index contributed by atoms with van der Waals surface area (Å²) < 4.78 is 0. The number of carboxylic acid groups (broad SMARTS) is 1. The van der Waals surface area contributed by atoms with Gasteiger partial charge in [0.15, 0.2) is 0 Å². The van der Waals surface area contributed by atoms with Crippen LogP contribution in [0.3, 0.4) is 0 Å². The van der Waals surface area contributed by atoms with Gasteiger partial charge in [-0.1, -0.05) is 75.4 Å². The number of nitroso groups, excluding NO2 is 1. The molecule has 2 aromatic rings. The summed E-state index contributed by atoms with van der Waals surface area (Å²) in [4.78, 5) is 22.5. The molecule has 4 nitrogen and oxygen atoms in total.